The van der Waals surface area contributed by atoms with Gasteiger partial charge in [0, 0.05) is 13.0 Å². The fourth-order valence-corrected chi connectivity index (χ4v) is 1.29. The predicted octanol–water partition coefficient (Wildman–Crippen LogP) is 1.64. The van der Waals surface area contributed by atoms with Gasteiger partial charge in [0.2, 0.25) is 0 Å². The lowest BCUT2D eigenvalue weighted by Gasteiger charge is -2.11. The molecule has 0 saturated heterocycles. The van der Waals surface area contributed by atoms with E-state index >= 15 is 0 Å². The maximum atomic E-state index is 13.3. The fraction of sp³-hybridized carbons (Fsp3) is 0.455. The van der Waals surface area contributed by atoms with Crippen LogP contribution < -0.4 is 4.74 Å². The number of hydrogen-bond acceptors (Lipinski definition) is 3. The number of rotatable bonds is 5. The van der Waals surface area contributed by atoms with Crippen LogP contribution in [0.5, 0.6) is 5.75 Å². The summed E-state index contributed by atoms with van der Waals surface area (Å²) in [6.07, 6.45) is -0.631. The van der Waals surface area contributed by atoms with Gasteiger partial charge < -0.3 is 14.9 Å². The third-order valence-electron chi connectivity index (χ3n) is 2.04. The van der Waals surface area contributed by atoms with Gasteiger partial charge in [0.05, 0.1) is 12.7 Å². The smallest absolute Gasteiger partial charge is 0.165 e. The first-order valence-corrected chi connectivity index (χ1v) is 4.90. The Morgan fingerprint density at radius 1 is 1.47 bits per heavy atom. The van der Waals surface area contributed by atoms with E-state index in [1.54, 1.807) is 13.0 Å². The Morgan fingerprint density at radius 3 is 2.73 bits per heavy atom. The van der Waals surface area contributed by atoms with Crippen LogP contribution in [-0.2, 0) is 0 Å². The maximum absolute atomic E-state index is 13.3. The highest BCUT2D eigenvalue weighted by molar-refractivity contribution is 5.30. The summed E-state index contributed by atoms with van der Waals surface area (Å²) in [7, 11) is 0. The molecule has 1 atom stereocenters. The lowest BCUT2D eigenvalue weighted by atomic mass is 10.1. The van der Waals surface area contributed by atoms with E-state index in [0.29, 0.717) is 12.2 Å². The SMILES string of the molecule is CCOc1ccc(C(O)CCO)cc1F. The highest BCUT2D eigenvalue weighted by Gasteiger charge is 2.10. The van der Waals surface area contributed by atoms with Gasteiger partial charge in [0.1, 0.15) is 0 Å². The minimum atomic E-state index is -0.833. The van der Waals surface area contributed by atoms with Crippen molar-refractivity contribution in [3.8, 4) is 5.75 Å². The van der Waals surface area contributed by atoms with E-state index in [0.717, 1.165) is 0 Å². The van der Waals surface area contributed by atoms with Crippen LogP contribution >= 0.6 is 0 Å². The maximum Gasteiger partial charge on any atom is 0.165 e. The monoisotopic (exact) mass is 214 g/mol. The van der Waals surface area contributed by atoms with Gasteiger partial charge in [-0.05, 0) is 24.6 Å². The van der Waals surface area contributed by atoms with Gasteiger partial charge in [-0.3, -0.25) is 0 Å². The lowest BCUT2D eigenvalue weighted by molar-refractivity contribution is 0.134. The van der Waals surface area contributed by atoms with Crippen LogP contribution in [0.2, 0.25) is 0 Å². The molecule has 0 heterocycles. The Kier molecular flexibility index (Phi) is 4.52. The van der Waals surface area contributed by atoms with Crippen LogP contribution in [0.4, 0.5) is 4.39 Å². The van der Waals surface area contributed by atoms with Crippen LogP contribution in [0.25, 0.3) is 0 Å². The average molecular weight is 214 g/mol. The van der Waals surface area contributed by atoms with Crippen LogP contribution in [0.15, 0.2) is 18.2 Å². The first kappa shape index (κ1) is 11.9. The average Bonchev–Trinajstić information content (AvgIpc) is 2.21. The molecule has 0 saturated carbocycles. The summed E-state index contributed by atoms with van der Waals surface area (Å²) in [6.45, 7) is 2.04. The van der Waals surface area contributed by atoms with Gasteiger partial charge in [-0.15, -0.1) is 0 Å². The Bertz CT molecular complexity index is 315. The second-order valence-electron chi connectivity index (χ2n) is 3.15. The predicted molar refractivity (Wildman–Crippen MR) is 54.2 cm³/mol. The van der Waals surface area contributed by atoms with Gasteiger partial charge in [0.15, 0.2) is 11.6 Å². The molecule has 1 aromatic rings. The van der Waals surface area contributed by atoms with Gasteiger partial charge in [-0.2, -0.15) is 0 Å². The minimum Gasteiger partial charge on any atom is -0.491 e. The van der Waals surface area contributed by atoms with E-state index in [4.69, 9.17) is 9.84 Å². The van der Waals surface area contributed by atoms with Crippen LogP contribution in [0.3, 0.4) is 0 Å². The number of aliphatic hydroxyl groups is 2. The van der Waals surface area contributed by atoms with Gasteiger partial charge in [0.25, 0.3) is 0 Å². The lowest BCUT2D eigenvalue weighted by Crippen LogP contribution is -2.02. The molecule has 3 nitrogen and oxygen atoms in total. The highest BCUT2D eigenvalue weighted by atomic mass is 19.1. The number of ether oxygens (including phenoxy) is 1. The second kappa shape index (κ2) is 5.68. The highest BCUT2D eigenvalue weighted by Crippen LogP contribution is 2.23. The summed E-state index contributed by atoms with van der Waals surface area (Å²) in [5, 5.41) is 18.1. The third kappa shape index (κ3) is 3.18. The third-order valence-corrected chi connectivity index (χ3v) is 2.04. The van der Waals surface area contributed by atoms with Crippen LogP contribution in [0.1, 0.15) is 25.0 Å². The quantitative estimate of drug-likeness (QED) is 0.783. The Balaban J connectivity index is 2.81. The molecule has 0 fully saturated rings. The van der Waals surface area contributed by atoms with Crippen molar-refractivity contribution < 1.29 is 19.3 Å². The van der Waals surface area contributed by atoms with Crippen molar-refractivity contribution >= 4 is 0 Å². The van der Waals surface area contributed by atoms with E-state index in [1.165, 1.54) is 12.1 Å². The standard InChI is InChI=1S/C11H15FO3/c1-2-15-11-4-3-8(7-9(11)12)10(14)5-6-13/h3-4,7,10,13-14H,2,5-6H2,1H3. The van der Waals surface area contributed by atoms with Crippen molar-refractivity contribution in [3.05, 3.63) is 29.6 Å². The van der Waals surface area contributed by atoms with E-state index in [-0.39, 0.29) is 18.8 Å². The molecule has 0 spiro atoms. The van der Waals surface area contributed by atoms with Crippen molar-refractivity contribution in [2.75, 3.05) is 13.2 Å². The fourth-order valence-electron chi connectivity index (χ4n) is 1.29. The molecule has 84 valence electrons. The summed E-state index contributed by atoms with van der Waals surface area (Å²) >= 11 is 0. The molecule has 0 aromatic heterocycles. The Morgan fingerprint density at radius 2 is 2.20 bits per heavy atom. The molecular weight excluding hydrogens is 199 g/mol. The van der Waals surface area contributed by atoms with Crippen LogP contribution in [-0.4, -0.2) is 23.4 Å². The van der Waals surface area contributed by atoms with E-state index < -0.39 is 11.9 Å². The summed E-state index contributed by atoms with van der Waals surface area (Å²) in [5.41, 5.74) is 0.449. The van der Waals surface area contributed by atoms with Crippen molar-refractivity contribution in [2.24, 2.45) is 0 Å². The molecule has 2 N–H and O–H groups in total. The van der Waals surface area contributed by atoms with Crippen molar-refractivity contribution in [2.45, 2.75) is 19.4 Å². The molecule has 1 unspecified atom stereocenters. The Hall–Kier alpha value is -1.13. The van der Waals surface area contributed by atoms with Gasteiger partial charge in [-0.1, -0.05) is 6.07 Å². The number of benzene rings is 1. The largest absolute Gasteiger partial charge is 0.491 e. The molecule has 0 aliphatic heterocycles. The molecule has 0 amide bonds. The number of hydrogen-bond donors (Lipinski definition) is 2. The second-order valence-corrected chi connectivity index (χ2v) is 3.15. The summed E-state index contributed by atoms with van der Waals surface area (Å²) in [4.78, 5) is 0. The van der Waals surface area contributed by atoms with Crippen molar-refractivity contribution in [1.29, 1.82) is 0 Å². The summed E-state index contributed by atoms with van der Waals surface area (Å²) in [5.74, 6) is -0.316. The van der Waals surface area contributed by atoms with E-state index in [2.05, 4.69) is 0 Å². The first-order valence-electron chi connectivity index (χ1n) is 4.90. The Labute approximate surface area is 88.1 Å². The molecule has 0 aliphatic rings. The molecule has 1 rings (SSSR count). The first-order chi connectivity index (χ1) is 7.19. The molecule has 0 radical (unpaired) electrons. The zero-order valence-electron chi connectivity index (χ0n) is 8.61. The molecule has 15 heavy (non-hydrogen) atoms. The minimum absolute atomic E-state index is 0.129. The summed E-state index contributed by atoms with van der Waals surface area (Å²) in [6, 6.07) is 4.30. The van der Waals surface area contributed by atoms with Crippen molar-refractivity contribution in [1.82, 2.24) is 0 Å². The zero-order valence-corrected chi connectivity index (χ0v) is 8.61. The van der Waals surface area contributed by atoms with E-state index in [9.17, 15) is 9.50 Å². The molecular formula is C11H15FO3. The van der Waals surface area contributed by atoms with E-state index in [1.807, 2.05) is 0 Å². The zero-order chi connectivity index (χ0) is 11.3. The molecule has 0 aliphatic carbocycles. The molecule has 0 bridgehead atoms. The number of aliphatic hydroxyl groups excluding tert-OH is 2. The normalized spacial score (nSPS) is 12.5. The molecule has 1 aromatic carbocycles. The topological polar surface area (TPSA) is 49.7 Å². The number of halogens is 1. The molecule has 4 heteroatoms. The van der Waals surface area contributed by atoms with Crippen LogP contribution in [0, 0.1) is 5.82 Å². The van der Waals surface area contributed by atoms with Gasteiger partial charge >= 0.3 is 0 Å². The van der Waals surface area contributed by atoms with Crippen molar-refractivity contribution in [3.63, 3.8) is 0 Å². The van der Waals surface area contributed by atoms with Gasteiger partial charge in [-0.25, -0.2) is 4.39 Å². The summed E-state index contributed by atoms with van der Waals surface area (Å²) < 4.78 is 18.4.